The van der Waals surface area contributed by atoms with Crippen LogP contribution in [0.3, 0.4) is 0 Å². The van der Waals surface area contributed by atoms with Crippen LogP contribution in [-0.4, -0.2) is 22.6 Å². The standard InChI is InChI=1S/C26H28N2O2S/c1-16(29)17-8-10-20(11-9-17)28-25(31)24-22(14-26(2,3)15-23(24)30)27-21-12-18-6-4-5-7-19(18)13-21/h4-11,21,27H,12-15H2,1-3H3,(H,28,31). The maximum absolute atomic E-state index is 13.1. The van der Waals surface area contributed by atoms with Crippen molar-refractivity contribution in [1.82, 2.24) is 5.32 Å². The third-order valence-electron chi connectivity index (χ3n) is 6.08. The average Bonchev–Trinajstić information content (AvgIpc) is 3.09. The SMILES string of the molecule is CC(=O)c1ccc(NC(=S)C2=C(NC3Cc4ccccc4C3)CC(C)(C)CC2=O)cc1. The average molecular weight is 433 g/mol. The van der Waals surface area contributed by atoms with Gasteiger partial charge in [0.05, 0.1) is 5.57 Å². The molecule has 0 fully saturated rings. The Morgan fingerprint density at radius 1 is 1.00 bits per heavy atom. The van der Waals surface area contributed by atoms with E-state index in [9.17, 15) is 9.59 Å². The van der Waals surface area contributed by atoms with Gasteiger partial charge in [0.15, 0.2) is 11.6 Å². The van der Waals surface area contributed by atoms with E-state index in [2.05, 4.69) is 48.7 Å². The Hall–Kier alpha value is -2.79. The largest absolute Gasteiger partial charge is 0.384 e. The highest BCUT2D eigenvalue weighted by Crippen LogP contribution is 2.37. The first-order valence-corrected chi connectivity index (χ1v) is 11.1. The van der Waals surface area contributed by atoms with E-state index in [4.69, 9.17) is 12.2 Å². The van der Waals surface area contributed by atoms with Crippen LogP contribution in [0, 0.1) is 5.41 Å². The normalized spacial score (nSPS) is 18.0. The second-order valence-electron chi connectivity index (χ2n) is 9.40. The van der Waals surface area contributed by atoms with E-state index in [1.807, 2.05) is 12.1 Å². The van der Waals surface area contributed by atoms with Gasteiger partial charge >= 0.3 is 0 Å². The predicted octanol–water partition coefficient (Wildman–Crippen LogP) is 5.03. The molecule has 31 heavy (non-hydrogen) atoms. The molecular weight excluding hydrogens is 404 g/mol. The molecule has 0 spiro atoms. The molecule has 2 aliphatic rings. The fourth-order valence-electron chi connectivity index (χ4n) is 4.60. The summed E-state index contributed by atoms with van der Waals surface area (Å²) >= 11 is 5.68. The number of hydrogen-bond acceptors (Lipinski definition) is 4. The number of anilines is 1. The third-order valence-corrected chi connectivity index (χ3v) is 6.39. The molecule has 0 amide bonds. The first-order valence-electron chi connectivity index (χ1n) is 10.7. The van der Waals surface area contributed by atoms with Gasteiger partial charge in [-0.15, -0.1) is 0 Å². The number of carbonyl (C=O) groups is 2. The summed E-state index contributed by atoms with van der Waals surface area (Å²) in [6.45, 7) is 5.80. The number of ketones is 2. The summed E-state index contributed by atoms with van der Waals surface area (Å²) < 4.78 is 0. The van der Waals surface area contributed by atoms with Crippen molar-refractivity contribution in [3.63, 3.8) is 0 Å². The van der Waals surface area contributed by atoms with Crippen molar-refractivity contribution in [3.05, 3.63) is 76.5 Å². The van der Waals surface area contributed by atoms with Gasteiger partial charge in [0.25, 0.3) is 0 Å². The maximum atomic E-state index is 13.1. The molecule has 4 rings (SSSR count). The zero-order valence-corrected chi connectivity index (χ0v) is 19.1. The van der Waals surface area contributed by atoms with Gasteiger partial charge < -0.3 is 10.6 Å². The van der Waals surface area contributed by atoms with Crippen molar-refractivity contribution in [1.29, 1.82) is 0 Å². The van der Waals surface area contributed by atoms with Gasteiger partial charge in [-0.05, 0) is 67.0 Å². The van der Waals surface area contributed by atoms with E-state index in [0.29, 0.717) is 22.5 Å². The van der Waals surface area contributed by atoms with Gasteiger partial charge in [0, 0.05) is 29.4 Å². The second kappa shape index (κ2) is 8.39. The van der Waals surface area contributed by atoms with Crippen LogP contribution in [0.1, 0.15) is 55.1 Å². The Labute approximate surface area is 189 Å². The minimum atomic E-state index is -0.104. The number of carbonyl (C=O) groups excluding carboxylic acids is 2. The Bertz CT molecular complexity index is 1060. The highest BCUT2D eigenvalue weighted by molar-refractivity contribution is 7.81. The van der Waals surface area contributed by atoms with E-state index in [-0.39, 0.29) is 23.0 Å². The molecule has 0 unspecified atom stereocenters. The molecule has 0 atom stereocenters. The number of thiocarbonyl (C=S) groups is 1. The fourth-order valence-corrected chi connectivity index (χ4v) is 4.95. The van der Waals surface area contributed by atoms with E-state index >= 15 is 0 Å². The highest BCUT2D eigenvalue weighted by Gasteiger charge is 2.36. The first kappa shape index (κ1) is 21.4. The van der Waals surface area contributed by atoms with Crippen LogP contribution in [0.15, 0.2) is 59.8 Å². The number of benzene rings is 2. The molecule has 0 aliphatic heterocycles. The minimum Gasteiger partial charge on any atom is -0.384 e. The van der Waals surface area contributed by atoms with Crippen LogP contribution in [0.4, 0.5) is 5.69 Å². The van der Waals surface area contributed by atoms with Crippen molar-refractivity contribution < 1.29 is 9.59 Å². The van der Waals surface area contributed by atoms with Crippen LogP contribution < -0.4 is 10.6 Å². The fraction of sp³-hybridized carbons (Fsp3) is 0.346. The van der Waals surface area contributed by atoms with Gasteiger partial charge in [0.2, 0.25) is 0 Å². The molecule has 2 aliphatic carbocycles. The monoisotopic (exact) mass is 432 g/mol. The Kier molecular flexibility index (Phi) is 5.80. The molecule has 0 heterocycles. The topological polar surface area (TPSA) is 58.2 Å². The number of rotatable bonds is 5. The highest BCUT2D eigenvalue weighted by atomic mass is 32.1. The molecule has 0 saturated heterocycles. The lowest BCUT2D eigenvalue weighted by molar-refractivity contribution is -0.117. The first-order chi connectivity index (χ1) is 14.7. The van der Waals surface area contributed by atoms with E-state index < -0.39 is 0 Å². The minimum absolute atomic E-state index is 0.0190. The van der Waals surface area contributed by atoms with E-state index in [0.717, 1.165) is 30.6 Å². The van der Waals surface area contributed by atoms with Crippen LogP contribution in [0.25, 0.3) is 0 Å². The van der Waals surface area contributed by atoms with E-state index in [1.165, 1.54) is 11.1 Å². The quantitative estimate of drug-likeness (QED) is 0.513. The summed E-state index contributed by atoms with van der Waals surface area (Å²) in [4.78, 5) is 25.1. The summed E-state index contributed by atoms with van der Waals surface area (Å²) in [6, 6.07) is 16.0. The number of hydrogen-bond donors (Lipinski definition) is 2. The van der Waals surface area contributed by atoms with Crippen LogP contribution in [0.2, 0.25) is 0 Å². The van der Waals surface area contributed by atoms with E-state index in [1.54, 1.807) is 19.1 Å². The third kappa shape index (κ3) is 4.77. The molecule has 5 heteroatoms. The van der Waals surface area contributed by atoms with Gasteiger partial charge in [-0.25, -0.2) is 0 Å². The van der Waals surface area contributed by atoms with Crippen molar-refractivity contribution in [2.45, 2.75) is 52.5 Å². The van der Waals surface area contributed by atoms with Crippen molar-refractivity contribution >= 4 is 34.5 Å². The van der Waals surface area contributed by atoms with Crippen molar-refractivity contribution in [2.75, 3.05) is 5.32 Å². The Balaban J connectivity index is 1.58. The molecule has 2 aromatic rings. The Morgan fingerprint density at radius 3 is 2.19 bits per heavy atom. The Morgan fingerprint density at radius 2 is 1.61 bits per heavy atom. The summed E-state index contributed by atoms with van der Waals surface area (Å²) in [5.74, 6) is 0.0951. The van der Waals surface area contributed by atoms with Gasteiger partial charge in [0.1, 0.15) is 4.99 Å². The lowest BCUT2D eigenvalue weighted by Crippen LogP contribution is -2.39. The molecule has 0 radical (unpaired) electrons. The van der Waals surface area contributed by atoms with Crippen molar-refractivity contribution in [2.24, 2.45) is 5.41 Å². The molecule has 160 valence electrons. The number of fused-ring (bicyclic) bond motifs is 1. The number of Topliss-reactive ketones (excluding diaryl/α,β-unsaturated/α-hetero) is 2. The van der Waals surface area contributed by atoms with Gasteiger partial charge in [-0.3, -0.25) is 9.59 Å². The molecule has 0 bridgehead atoms. The maximum Gasteiger partial charge on any atom is 0.168 e. The van der Waals surface area contributed by atoms with Crippen LogP contribution >= 0.6 is 12.2 Å². The lowest BCUT2D eigenvalue weighted by atomic mass is 9.75. The summed E-state index contributed by atoms with van der Waals surface area (Å²) in [7, 11) is 0. The molecular formula is C26H28N2O2S. The summed E-state index contributed by atoms with van der Waals surface area (Å²) in [5.41, 5.74) is 5.59. The summed E-state index contributed by atoms with van der Waals surface area (Å²) in [6.07, 6.45) is 3.16. The van der Waals surface area contributed by atoms with Crippen LogP contribution in [0.5, 0.6) is 0 Å². The number of allylic oxidation sites excluding steroid dienone is 1. The second-order valence-corrected chi connectivity index (χ2v) is 9.81. The zero-order valence-electron chi connectivity index (χ0n) is 18.2. The summed E-state index contributed by atoms with van der Waals surface area (Å²) in [5, 5.41) is 6.89. The molecule has 4 nitrogen and oxygen atoms in total. The van der Waals surface area contributed by atoms with Crippen LogP contribution in [-0.2, 0) is 17.6 Å². The molecule has 2 N–H and O–H groups in total. The predicted molar refractivity (Wildman–Crippen MR) is 128 cm³/mol. The van der Waals surface area contributed by atoms with Crippen molar-refractivity contribution in [3.8, 4) is 0 Å². The molecule has 2 aromatic carbocycles. The zero-order chi connectivity index (χ0) is 22.2. The molecule has 0 aromatic heterocycles. The van der Waals surface area contributed by atoms with Gasteiger partial charge in [-0.1, -0.05) is 50.3 Å². The smallest absolute Gasteiger partial charge is 0.168 e. The number of nitrogens with one attached hydrogen (secondary N) is 2. The molecule has 0 saturated carbocycles. The van der Waals surface area contributed by atoms with Gasteiger partial charge in [-0.2, -0.15) is 0 Å². The lowest BCUT2D eigenvalue weighted by Gasteiger charge is -2.34.